The van der Waals surface area contributed by atoms with Crippen molar-refractivity contribution in [2.24, 2.45) is 0 Å². The summed E-state index contributed by atoms with van der Waals surface area (Å²) >= 11 is 6.07. The van der Waals surface area contributed by atoms with Gasteiger partial charge in [-0.25, -0.2) is 0 Å². The first-order valence-electron chi connectivity index (χ1n) is 4.73. The van der Waals surface area contributed by atoms with Gasteiger partial charge in [0.05, 0.1) is 0 Å². The van der Waals surface area contributed by atoms with E-state index >= 15 is 0 Å². The van der Waals surface area contributed by atoms with Crippen molar-refractivity contribution < 1.29 is 0 Å². The molecule has 1 rings (SSSR count). The fourth-order valence-corrected chi connectivity index (χ4v) is 1.56. The summed E-state index contributed by atoms with van der Waals surface area (Å²) in [4.78, 5) is 0. The Balaban J connectivity index is 2.65. The van der Waals surface area contributed by atoms with Crippen LogP contribution in [0.2, 0.25) is 5.02 Å². The number of halogens is 1. The maximum Gasteiger partial charge on any atom is 0.0453 e. The van der Waals surface area contributed by atoms with Crippen LogP contribution in [0, 0.1) is 0 Å². The topological polar surface area (TPSA) is 12.0 Å². The first-order chi connectivity index (χ1) is 6.61. The molecular weight excluding hydrogens is 194 g/mol. The Hall–Kier alpha value is -0.790. The molecule has 0 aromatic heterocycles. The molecule has 0 saturated heterocycles. The highest BCUT2D eigenvalue weighted by molar-refractivity contribution is 6.31. The van der Waals surface area contributed by atoms with Gasteiger partial charge in [-0.3, -0.25) is 0 Å². The van der Waals surface area contributed by atoms with E-state index in [9.17, 15) is 0 Å². The van der Waals surface area contributed by atoms with Gasteiger partial charge in [0.25, 0.3) is 0 Å². The molecule has 1 N–H and O–H groups in total. The first kappa shape index (κ1) is 11.3. The highest BCUT2D eigenvalue weighted by Gasteiger charge is 2.07. The predicted molar refractivity (Wildman–Crippen MR) is 62.7 cm³/mol. The molecule has 1 aromatic carbocycles. The summed E-state index contributed by atoms with van der Waals surface area (Å²) in [6, 6.07) is 8.16. The largest absolute Gasteiger partial charge is 0.306 e. The fraction of sp³-hybridized carbons (Fsp3) is 0.333. The summed E-state index contributed by atoms with van der Waals surface area (Å²) in [7, 11) is 0. The molecule has 0 aliphatic rings. The lowest BCUT2D eigenvalue weighted by Gasteiger charge is -2.15. The average molecular weight is 210 g/mol. The molecule has 0 fully saturated rings. The van der Waals surface area contributed by atoms with Gasteiger partial charge in [0, 0.05) is 17.6 Å². The van der Waals surface area contributed by atoms with Gasteiger partial charge in [-0.15, -0.1) is 0 Å². The molecule has 2 heteroatoms. The van der Waals surface area contributed by atoms with E-state index in [4.69, 9.17) is 11.6 Å². The minimum absolute atomic E-state index is 0.264. The van der Waals surface area contributed by atoms with E-state index in [-0.39, 0.29) is 6.04 Å². The van der Waals surface area contributed by atoms with Gasteiger partial charge in [-0.2, -0.15) is 0 Å². The quantitative estimate of drug-likeness (QED) is 0.748. The molecule has 0 aliphatic heterocycles. The summed E-state index contributed by atoms with van der Waals surface area (Å²) in [6.45, 7) is 8.78. The van der Waals surface area contributed by atoms with E-state index in [1.807, 2.05) is 31.2 Å². The van der Waals surface area contributed by atoms with Gasteiger partial charge >= 0.3 is 0 Å². The standard InChI is InChI=1S/C12H16ClN/c1-9(2)8-14-10(3)11-6-4-5-7-12(11)13/h4-7,10,14H,1,8H2,2-3H3/t10-/m0/s1. The summed E-state index contributed by atoms with van der Waals surface area (Å²) in [5.41, 5.74) is 2.26. The summed E-state index contributed by atoms with van der Waals surface area (Å²) in [5, 5.41) is 4.17. The van der Waals surface area contributed by atoms with Gasteiger partial charge < -0.3 is 5.32 Å². The Morgan fingerprint density at radius 2 is 2.14 bits per heavy atom. The molecule has 14 heavy (non-hydrogen) atoms. The normalized spacial score (nSPS) is 12.5. The average Bonchev–Trinajstić information content (AvgIpc) is 2.15. The third-order valence-corrected chi connectivity index (χ3v) is 2.43. The van der Waals surface area contributed by atoms with Crippen LogP contribution in [-0.4, -0.2) is 6.54 Å². The number of hydrogen-bond acceptors (Lipinski definition) is 1. The molecule has 0 aliphatic carbocycles. The lowest BCUT2D eigenvalue weighted by Crippen LogP contribution is -2.20. The van der Waals surface area contributed by atoms with Gasteiger partial charge in [0.15, 0.2) is 0 Å². The lowest BCUT2D eigenvalue weighted by atomic mass is 10.1. The molecule has 76 valence electrons. The van der Waals surface area contributed by atoms with Crippen molar-refractivity contribution in [2.45, 2.75) is 19.9 Å². The van der Waals surface area contributed by atoms with E-state index < -0.39 is 0 Å². The molecule has 0 unspecified atom stereocenters. The second-order valence-electron chi connectivity index (χ2n) is 3.58. The monoisotopic (exact) mass is 209 g/mol. The van der Waals surface area contributed by atoms with Crippen molar-refractivity contribution in [3.8, 4) is 0 Å². The number of nitrogens with one attached hydrogen (secondary N) is 1. The SMILES string of the molecule is C=C(C)CN[C@@H](C)c1ccccc1Cl. The second-order valence-corrected chi connectivity index (χ2v) is 3.99. The van der Waals surface area contributed by atoms with Crippen LogP contribution in [0.4, 0.5) is 0 Å². The summed E-state index contributed by atoms with van der Waals surface area (Å²) in [6.07, 6.45) is 0. The fourth-order valence-electron chi connectivity index (χ4n) is 1.26. The van der Waals surface area contributed by atoms with Crippen LogP contribution in [0.1, 0.15) is 25.5 Å². The van der Waals surface area contributed by atoms with Gasteiger partial charge in [0.1, 0.15) is 0 Å². The van der Waals surface area contributed by atoms with E-state index in [1.54, 1.807) is 0 Å². The van der Waals surface area contributed by atoms with E-state index in [0.717, 1.165) is 22.7 Å². The molecular formula is C12H16ClN. The van der Waals surface area contributed by atoms with Crippen molar-refractivity contribution in [1.29, 1.82) is 0 Å². The van der Waals surface area contributed by atoms with Crippen molar-refractivity contribution in [3.05, 3.63) is 47.0 Å². The highest BCUT2D eigenvalue weighted by Crippen LogP contribution is 2.21. The maximum absolute atomic E-state index is 6.07. The maximum atomic E-state index is 6.07. The van der Waals surface area contributed by atoms with E-state index in [2.05, 4.69) is 18.8 Å². The van der Waals surface area contributed by atoms with Crippen LogP contribution < -0.4 is 5.32 Å². The van der Waals surface area contributed by atoms with Crippen LogP contribution in [-0.2, 0) is 0 Å². The highest BCUT2D eigenvalue weighted by atomic mass is 35.5. The molecule has 1 nitrogen and oxygen atoms in total. The molecule has 1 aromatic rings. The number of benzene rings is 1. The summed E-state index contributed by atoms with van der Waals surface area (Å²) < 4.78 is 0. The zero-order chi connectivity index (χ0) is 10.6. The van der Waals surface area contributed by atoms with Crippen molar-refractivity contribution in [1.82, 2.24) is 5.32 Å². The van der Waals surface area contributed by atoms with E-state index in [0.29, 0.717) is 0 Å². The van der Waals surface area contributed by atoms with Crippen LogP contribution in [0.3, 0.4) is 0 Å². The molecule has 0 saturated carbocycles. The summed E-state index contributed by atoms with van der Waals surface area (Å²) in [5.74, 6) is 0. The van der Waals surface area contributed by atoms with Crippen molar-refractivity contribution >= 4 is 11.6 Å². The zero-order valence-electron chi connectivity index (χ0n) is 8.68. The van der Waals surface area contributed by atoms with Crippen molar-refractivity contribution in [3.63, 3.8) is 0 Å². The lowest BCUT2D eigenvalue weighted by molar-refractivity contribution is 0.607. The Kier molecular flexibility index (Phi) is 4.18. The molecule has 0 spiro atoms. The zero-order valence-corrected chi connectivity index (χ0v) is 9.43. The number of hydrogen-bond donors (Lipinski definition) is 1. The van der Waals surface area contributed by atoms with Crippen molar-refractivity contribution in [2.75, 3.05) is 6.54 Å². The smallest absolute Gasteiger partial charge is 0.0453 e. The van der Waals surface area contributed by atoms with Gasteiger partial charge in [-0.1, -0.05) is 42.0 Å². The molecule has 0 heterocycles. The minimum atomic E-state index is 0.264. The molecule has 0 bridgehead atoms. The van der Waals surface area contributed by atoms with Gasteiger partial charge in [-0.05, 0) is 25.5 Å². The number of rotatable bonds is 4. The van der Waals surface area contributed by atoms with Gasteiger partial charge in [0.2, 0.25) is 0 Å². The van der Waals surface area contributed by atoms with Crippen LogP contribution in [0.25, 0.3) is 0 Å². The minimum Gasteiger partial charge on any atom is -0.306 e. The second kappa shape index (κ2) is 5.18. The third-order valence-electron chi connectivity index (χ3n) is 2.08. The first-order valence-corrected chi connectivity index (χ1v) is 5.11. The Morgan fingerprint density at radius 1 is 1.50 bits per heavy atom. The Labute approximate surface area is 90.8 Å². The third kappa shape index (κ3) is 3.17. The molecule has 1 atom stereocenters. The van der Waals surface area contributed by atoms with Crippen LogP contribution in [0.15, 0.2) is 36.4 Å². The van der Waals surface area contributed by atoms with Crippen LogP contribution in [0.5, 0.6) is 0 Å². The Morgan fingerprint density at radius 3 is 2.71 bits per heavy atom. The van der Waals surface area contributed by atoms with E-state index in [1.165, 1.54) is 0 Å². The molecule has 0 amide bonds. The molecule has 0 radical (unpaired) electrons. The van der Waals surface area contributed by atoms with Crippen LogP contribution >= 0.6 is 11.6 Å². The Bertz CT molecular complexity index is 320. The predicted octanol–water partition coefficient (Wildman–Crippen LogP) is 3.57.